The fourth-order valence-corrected chi connectivity index (χ4v) is 4.14. The van der Waals surface area contributed by atoms with Gasteiger partial charge in [0.2, 0.25) is 0 Å². The maximum atomic E-state index is 4.70. The highest BCUT2D eigenvalue weighted by atomic mass is 127. The van der Waals surface area contributed by atoms with Crippen molar-refractivity contribution in [1.82, 2.24) is 20.5 Å². The lowest BCUT2D eigenvalue weighted by Crippen LogP contribution is -2.42. The molecule has 1 aromatic carbocycles. The van der Waals surface area contributed by atoms with Crippen LogP contribution in [0.3, 0.4) is 0 Å². The minimum absolute atomic E-state index is 0. The molecule has 0 aliphatic carbocycles. The molecule has 158 valence electrons. The number of fused-ring (bicyclic) bond motifs is 1. The third-order valence-electron chi connectivity index (χ3n) is 4.81. The Morgan fingerprint density at radius 1 is 1.21 bits per heavy atom. The standard InChI is InChI=1S/C21H35N5S.HI/c1-5-26(6-2)16-10-11-17(3)24-21(22-4)23-15-9-14-20-25-18-12-7-8-13-19(18)27-20;/h7-8,12-13,17H,5-6,9-11,14-16H2,1-4H3,(H2,22,23,24);1H. The molecule has 0 fully saturated rings. The van der Waals surface area contributed by atoms with Crippen LogP contribution in [0.25, 0.3) is 10.2 Å². The highest BCUT2D eigenvalue weighted by Gasteiger charge is 2.07. The number of aliphatic imine (C=N–C) groups is 1. The van der Waals surface area contributed by atoms with E-state index in [0.29, 0.717) is 6.04 Å². The number of para-hydroxylation sites is 1. The fraction of sp³-hybridized carbons (Fsp3) is 0.619. The number of rotatable bonds is 11. The Morgan fingerprint density at radius 2 is 1.96 bits per heavy atom. The Bertz CT molecular complexity index is 666. The number of thiazole rings is 1. The van der Waals surface area contributed by atoms with E-state index in [0.717, 1.165) is 50.4 Å². The minimum atomic E-state index is 0. The monoisotopic (exact) mass is 517 g/mol. The van der Waals surface area contributed by atoms with Gasteiger partial charge in [0.05, 0.1) is 15.2 Å². The van der Waals surface area contributed by atoms with E-state index in [4.69, 9.17) is 4.98 Å². The number of nitrogens with one attached hydrogen (secondary N) is 2. The zero-order chi connectivity index (χ0) is 19.5. The van der Waals surface area contributed by atoms with Crippen molar-refractivity contribution in [2.45, 2.75) is 52.5 Å². The van der Waals surface area contributed by atoms with Crippen molar-refractivity contribution in [2.75, 3.05) is 33.2 Å². The van der Waals surface area contributed by atoms with Gasteiger partial charge in [0, 0.05) is 26.1 Å². The van der Waals surface area contributed by atoms with Crippen LogP contribution in [0.15, 0.2) is 29.3 Å². The number of hydrogen-bond acceptors (Lipinski definition) is 4. The molecule has 1 atom stereocenters. The summed E-state index contributed by atoms with van der Waals surface area (Å²) in [6, 6.07) is 8.77. The van der Waals surface area contributed by atoms with Crippen LogP contribution < -0.4 is 10.6 Å². The van der Waals surface area contributed by atoms with Gasteiger partial charge >= 0.3 is 0 Å². The van der Waals surface area contributed by atoms with E-state index in [9.17, 15) is 0 Å². The zero-order valence-corrected chi connectivity index (χ0v) is 20.8. The average molecular weight is 518 g/mol. The van der Waals surface area contributed by atoms with Gasteiger partial charge in [-0.2, -0.15) is 0 Å². The third kappa shape index (κ3) is 8.61. The second-order valence-electron chi connectivity index (χ2n) is 6.89. The zero-order valence-electron chi connectivity index (χ0n) is 17.7. The Morgan fingerprint density at radius 3 is 2.64 bits per heavy atom. The van der Waals surface area contributed by atoms with Gasteiger partial charge in [-0.05, 0) is 58.0 Å². The number of nitrogens with zero attached hydrogens (tertiary/aromatic N) is 3. The molecular formula is C21H36IN5S. The van der Waals surface area contributed by atoms with Crippen LogP contribution in [0.1, 0.15) is 45.0 Å². The van der Waals surface area contributed by atoms with Crippen LogP contribution in [0.2, 0.25) is 0 Å². The lowest BCUT2D eigenvalue weighted by atomic mass is 10.2. The van der Waals surface area contributed by atoms with Crippen molar-refractivity contribution in [2.24, 2.45) is 4.99 Å². The van der Waals surface area contributed by atoms with Gasteiger partial charge < -0.3 is 15.5 Å². The third-order valence-corrected chi connectivity index (χ3v) is 5.91. The quantitative estimate of drug-likeness (QED) is 0.199. The summed E-state index contributed by atoms with van der Waals surface area (Å²) in [5, 5.41) is 8.15. The fourth-order valence-electron chi connectivity index (χ4n) is 3.13. The van der Waals surface area contributed by atoms with Gasteiger partial charge in [-0.25, -0.2) is 4.98 Å². The Hall–Kier alpha value is -0.930. The van der Waals surface area contributed by atoms with Gasteiger partial charge in [-0.3, -0.25) is 4.99 Å². The molecule has 0 aliphatic heterocycles. The Labute approximate surface area is 191 Å². The van der Waals surface area contributed by atoms with Crippen LogP contribution in [0, 0.1) is 0 Å². The van der Waals surface area contributed by atoms with E-state index in [1.54, 1.807) is 11.3 Å². The first-order valence-corrected chi connectivity index (χ1v) is 11.0. The molecule has 0 saturated carbocycles. The van der Waals surface area contributed by atoms with Crippen LogP contribution in [-0.4, -0.2) is 55.1 Å². The second kappa shape index (κ2) is 14.1. The Balaban J connectivity index is 0.00000392. The molecule has 0 spiro atoms. The molecule has 0 amide bonds. The summed E-state index contributed by atoms with van der Waals surface area (Å²) in [7, 11) is 1.84. The summed E-state index contributed by atoms with van der Waals surface area (Å²) < 4.78 is 1.27. The molecule has 0 saturated heterocycles. The lowest BCUT2D eigenvalue weighted by Gasteiger charge is -2.21. The van der Waals surface area contributed by atoms with Crippen molar-refractivity contribution >= 4 is 51.5 Å². The summed E-state index contributed by atoms with van der Waals surface area (Å²) in [4.78, 5) is 11.5. The smallest absolute Gasteiger partial charge is 0.191 e. The summed E-state index contributed by atoms with van der Waals surface area (Å²) in [6.07, 6.45) is 4.42. The number of aromatic nitrogens is 1. The predicted molar refractivity (Wildman–Crippen MR) is 134 cm³/mol. The van der Waals surface area contributed by atoms with Crippen LogP contribution in [0.4, 0.5) is 0 Å². The second-order valence-corrected chi connectivity index (χ2v) is 8.01. The van der Waals surface area contributed by atoms with Gasteiger partial charge in [-0.15, -0.1) is 35.3 Å². The molecule has 2 N–H and O–H groups in total. The molecule has 2 rings (SSSR count). The van der Waals surface area contributed by atoms with E-state index in [-0.39, 0.29) is 24.0 Å². The number of guanidine groups is 1. The first-order chi connectivity index (χ1) is 13.2. The first-order valence-electron chi connectivity index (χ1n) is 10.2. The largest absolute Gasteiger partial charge is 0.356 e. The van der Waals surface area contributed by atoms with Crippen molar-refractivity contribution in [3.05, 3.63) is 29.3 Å². The summed E-state index contributed by atoms with van der Waals surface area (Å²) in [6.45, 7) is 11.0. The lowest BCUT2D eigenvalue weighted by molar-refractivity contribution is 0.292. The van der Waals surface area contributed by atoms with Crippen LogP contribution in [0.5, 0.6) is 0 Å². The molecule has 28 heavy (non-hydrogen) atoms. The average Bonchev–Trinajstić information content (AvgIpc) is 3.10. The van der Waals surface area contributed by atoms with Crippen molar-refractivity contribution in [1.29, 1.82) is 0 Å². The molecular weight excluding hydrogens is 481 g/mol. The van der Waals surface area contributed by atoms with Gasteiger partial charge in [0.1, 0.15) is 0 Å². The van der Waals surface area contributed by atoms with Crippen molar-refractivity contribution in [3.8, 4) is 0 Å². The minimum Gasteiger partial charge on any atom is -0.356 e. The molecule has 1 aromatic heterocycles. The number of benzene rings is 1. The van der Waals surface area contributed by atoms with Gasteiger partial charge in [0.15, 0.2) is 5.96 Å². The van der Waals surface area contributed by atoms with Crippen molar-refractivity contribution < 1.29 is 0 Å². The van der Waals surface area contributed by atoms with E-state index in [2.05, 4.69) is 59.5 Å². The summed E-state index contributed by atoms with van der Waals surface area (Å²) in [5.41, 5.74) is 1.11. The van der Waals surface area contributed by atoms with Crippen LogP contribution in [-0.2, 0) is 6.42 Å². The molecule has 0 radical (unpaired) electrons. The SMILES string of the molecule is CCN(CC)CCCC(C)NC(=NC)NCCCc1nc2ccccc2s1.I. The normalized spacial score (nSPS) is 12.8. The number of halogens is 1. The molecule has 7 heteroatoms. The van der Waals surface area contributed by atoms with E-state index >= 15 is 0 Å². The summed E-state index contributed by atoms with van der Waals surface area (Å²) >= 11 is 1.80. The molecule has 0 aliphatic rings. The van der Waals surface area contributed by atoms with Gasteiger partial charge in [-0.1, -0.05) is 26.0 Å². The topological polar surface area (TPSA) is 52.5 Å². The maximum Gasteiger partial charge on any atom is 0.191 e. The Kier molecular flexibility index (Phi) is 12.7. The van der Waals surface area contributed by atoms with Crippen molar-refractivity contribution in [3.63, 3.8) is 0 Å². The van der Waals surface area contributed by atoms with E-state index < -0.39 is 0 Å². The van der Waals surface area contributed by atoms with E-state index in [1.165, 1.54) is 22.7 Å². The maximum absolute atomic E-state index is 4.70. The predicted octanol–water partition coefficient (Wildman–Crippen LogP) is 4.52. The molecule has 2 aromatic rings. The molecule has 0 bridgehead atoms. The molecule has 5 nitrogen and oxygen atoms in total. The first kappa shape index (κ1) is 25.1. The summed E-state index contributed by atoms with van der Waals surface area (Å²) in [5.74, 6) is 0.898. The number of hydrogen-bond donors (Lipinski definition) is 2. The highest BCUT2D eigenvalue weighted by molar-refractivity contribution is 14.0. The highest BCUT2D eigenvalue weighted by Crippen LogP contribution is 2.22. The molecule has 1 heterocycles. The number of aryl methyl sites for hydroxylation is 1. The molecule has 1 unspecified atom stereocenters. The van der Waals surface area contributed by atoms with Crippen LogP contribution >= 0.6 is 35.3 Å². The van der Waals surface area contributed by atoms with E-state index in [1.807, 2.05) is 13.1 Å². The van der Waals surface area contributed by atoms with Gasteiger partial charge in [0.25, 0.3) is 0 Å².